The maximum atomic E-state index is 11.7. The Labute approximate surface area is 140 Å². The zero-order valence-corrected chi connectivity index (χ0v) is 15.4. The molecule has 0 saturated heterocycles. The summed E-state index contributed by atoms with van der Waals surface area (Å²) >= 11 is 0. The van der Waals surface area contributed by atoms with E-state index >= 15 is 0 Å². The number of nitrogens with one attached hydrogen (secondary N) is 2. The van der Waals surface area contributed by atoms with Gasteiger partial charge in [0.2, 0.25) is 11.8 Å². The van der Waals surface area contributed by atoms with Crippen molar-refractivity contribution >= 4 is 39.4 Å². The minimum absolute atomic E-state index is 0.0491. The van der Waals surface area contributed by atoms with Gasteiger partial charge in [0.05, 0.1) is 6.61 Å². The molecular weight excluding hydrogens is 324 g/mol. The Morgan fingerprint density at radius 1 is 1.00 bits per heavy atom. The van der Waals surface area contributed by atoms with Crippen LogP contribution < -0.4 is 10.6 Å². The van der Waals surface area contributed by atoms with Crippen molar-refractivity contribution in [3.05, 3.63) is 0 Å². The molecule has 0 aromatic heterocycles. The fourth-order valence-electron chi connectivity index (χ4n) is 1.56. The fourth-order valence-corrected chi connectivity index (χ4v) is 4.14. The molecule has 0 spiro atoms. The quantitative estimate of drug-likeness (QED) is 0.354. The maximum absolute atomic E-state index is 11.7. The van der Waals surface area contributed by atoms with E-state index in [2.05, 4.69) is 10.6 Å². The van der Waals surface area contributed by atoms with Crippen molar-refractivity contribution in [1.82, 2.24) is 10.6 Å². The van der Waals surface area contributed by atoms with Crippen molar-refractivity contribution < 1.29 is 19.1 Å². The minimum Gasteiger partial charge on any atom is -0.464 e. The average Bonchev–Trinajstić information content (AvgIpc) is 2.39. The normalized spacial score (nSPS) is 13.4. The van der Waals surface area contributed by atoms with E-state index in [1.807, 2.05) is 13.8 Å². The van der Waals surface area contributed by atoms with E-state index in [-0.39, 0.29) is 24.5 Å². The highest BCUT2D eigenvalue weighted by Gasteiger charge is 2.21. The number of amides is 2. The SMILES string of the molecule is CCOC(=O)[C@H](CSSC[C@H](NC(C)=O)C(C)C)NC(C)=O. The Morgan fingerprint density at radius 3 is 2.00 bits per heavy atom. The van der Waals surface area contributed by atoms with Crippen LogP contribution in [0.1, 0.15) is 34.6 Å². The molecule has 2 amide bonds. The summed E-state index contributed by atoms with van der Waals surface area (Å²) in [6.45, 7) is 8.97. The molecule has 0 aliphatic carbocycles. The van der Waals surface area contributed by atoms with Gasteiger partial charge >= 0.3 is 5.97 Å². The second kappa shape index (κ2) is 11.6. The number of carbonyl (C=O) groups excluding carboxylic acids is 3. The first-order valence-electron chi connectivity index (χ1n) is 7.23. The van der Waals surface area contributed by atoms with Gasteiger partial charge in [-0.15, -0.1) is 0 Å². The highest BCUT2D eigenvalue weighted by Crippen LogP contribution is 2.25. The van der Waals surface area contributed by atoms with Gasteiger partial charge in [0.1, 0.15) is 6.04 Å². The van der Waals surface area contributed by atoms with Crippen molar-refractivity contribution in [2.45, 2.75) is 46.7 Å². The second-order valence-electron chi connectivity index (χ2n) is 5.13. The largest absolute Gasteiger partial charge is 0.464 e. The van der Waals surface area contributed by atoms with Crippen LogP contribution in [-0.4, -0.2) is 48.0 Å². The van der Waals surface area contributed by atoms with E-state index in [0.717, 1.165) is 5.75 Å². The number of rotatable bonds is 10. The highest BCUT2D eigenvalue weighted by atomic mass is 33.1. The van der Waals surface area contributed by atoms with Gasteiger partial charge in [-0.25, -0.2) is 4.79 Å². The fraction of sp³-hybridized carbons (Fsp3) is 0.786. The average molecular weight is 351 g/mol. The number of ether oxygens (including phenoxy) is 1. The lowest BCUT2D eigenvalue weighted by Gasteiger charge is -2.21. The van der Waals surface area contributed by atoms with Crippen molar-refractivity contribution in [1.29, 1.82) is 0 Å². The van der Waals surface area contributed by atoms with Crippen LogP contribution in [-0.2, 0) is 19.1 Å². The zero-order valence-electron chi connectivity index (χ0n) is 13.8. The molecule has 0 aliphatic rings. The summed E-state index contributed by atoms with van der Waals surface area (Å²) in [5, 5.41) is 5.50. The monoisotopic (exact) mass is 350 g/mol. The standard InChI is InChI=1S/C14H26N2O4S2/c1-6-20-14(19)13(16-11(5)18)8-22-21-7-12(9(2)3)15-10(4)17/h9,12-13H,6-8H2,1-5H3,(H,15,17)(H,16,18)/t12-,13-/m0/s1. The minimum atomic E-state index is -0.645. The summed E-state index contributed by atoms with van der Waals surface area (Å²) in [7, 11) is 3.05. The maximum Gasteiger partial charge on any atom is 0.329 e. The van der Waals surface area contributed by atoms with Crippen molar-refractivity contribution in [3.63, 3.8) is 0 Å². The molecule has 6 nitrogen and oxygen atoms in total. The Hall–Kier alpha value is -0.890. The predicted octanol–water partition coefficient (Wildman–Crippen LogP) is 1.60. The van der Waals surface area contributed by atoms with E-state index < -0.39 is 12.0 Å². The molecule has 8 heteroatoms. The topological polar surface area (TPSA) is 84.5 Å². The molecule has 128 valence electrons. The molecule has 0 unspecified atom stereocenters. The van der Waals surface area contributed by atoms with E-state index in [1.54, 1.807) is 17.7 Å². The van der Waals surface area contributed by atoms with Gasteiger partial charge in [-0.2, -0.15) is 0 Å². The Morgan fingerprint density at radius 2 is 1.55 bits per heavy atom. The lowest BCUT2D eigenvalue weighted by atomic mass is 10.1. The van der Waals surface area contributed by atoms with Crippen LogP contribution in [0.5, 0.6) is 0 Å². The lowest BCUT2D eigenvalue weighted by Crippen LogP contribution is -2.42. The third-order valence-electron chi connectivity index (χ3n) is 2.71. The van der Waals surface area contributed by atoms with Crippen LogP contribution in [0.2, 0.25) is 0 Å². The van der Waals surface area contributed by atoms with Gasteiger partial charge in [-0.05, 0) is 12.8 Å². The summed E-state index contributed by atoms with van der Waals surface area (Å²) in [5.74, 6) is 0.751. The highest BCUT2D eigenvalue weighted by molar-refractivity contribution is 8.76. The van der Waals surface area contributed by atoms with E-state index in [9.17, 15) is 14.4 Å². The van der Waals surface area contributed by atoms with Crippen LogP contribution in [0.25, 0.3) is 0 Å². The van der Waals surface area contributed by atoms with Gasteiger partial charge in [-0.1, -0.05) is 35.4 Å². The van der Waals surface area contributed by atoms with Gasteiger partial charge in [0, 0.05) is 31.4 Å². The van der Waals surface area contributed by atoms with E-state index in [4.69, 9.17) is 4.74 Å². The van der Waals surface area contributed by atoms with Gasteiger partial charge in [0.25, 0.3) is 0 Å². The second-order valence-corrected chi connectivity index (χ2v) is 7.68. The number of carbonyl (C=O) groups is 3. The first-order valence-corrected chi connectivity index (χ1v) is 9.71. The predicted molar refractivity (Wildman–Crippen MR) is 91.6 cm³/mol. The molecule has 2 N–H and O–H groups in total. The van der Waals surface area contributed by atoms with Crippen LogP contribution in [0.15, 0.2) is 0 Å². The summed E-state index contributed by atoms with van der Waals surface area (Å²) < 4.78 is 4.94. The van der Waals surface area contributed by atoms with E-state index in [1.165, 1.54) is 24.6 Å². The summed E-state index contributed by atoms with van der Waals surface area (Å²) in [5.41, 5.74) is 0. The molecule has 0 heterocycles. The van der Waals surface area contributed by atoms with Crippen LogP contribution >= 0.6 is 21.6 Å². The molecule has 22 heavy (non-hydrogen) atoms. The van der Waals surface area contributed by atoms with Crippen LogP contribution in [0.4, 0.5) is 0 Å². The molecule has 0 aromatic rings. The Bertz CT molecular complexity index is 378. The Balaban J connectivity index is 4.27. The van der Waals surface area contributed by atoms with Gasteiger partial charge in [-0.3, -0.25) is 9.59 Å². The van der Waals surface area contributed by atoms with Crippen LogP contribution in [0, 0.1) is 5.92 Å². The molecule has 2 atom stereocenters. The third kappa shape index (κ3) is 9.94. The molecular formula is C14H26N2O4S2. The van der Waals surface area contributed by atoms with Crippen molar-refractivity contribution in [2.24, 2.45) is 5.92 Å². The van der Waals surface area contributed by atoms with Crippen molar-refractivity contribution in [3.8, 4) is 0 Å². The van der Waals surface area contributed by atoms with E-state index in [0.29, 0.717) is 11.7 Å². The van der Waals surface area contributed by atoms with Gasteiger partial charge < -0.3 is 15.4 Å². The van der Waals surface area contributed by atoms with Crippen molar-refractivity contribution in [2.75, 3.05) is 18.1 Å². The molecule has 0 aromatic carbocycles. The lowest BCUT2D eigenvalue weighted by molar-refractivity contribution is -0.146. The molecule has 0 bridgehead atoms. The first-order chi connectivity index (χ1) is 10.3. The van der Waals surface area contributed by atoms with Crippen LogP contribution in [0.3, 0.4) is 0 Å². The molecule has 0 rings (SSSR count). The smallest absolute Gasteiger partial charge is 0.329 e. The van der Waals surface area contributed by atoms with Gasteiger partial charge in [0.15, 0.2) is 0 Å². The first kappa shape index (κ1) is 21.1. The summed E-state index contributed by atoms with van der Waals surface area (Å²) in [6, 6.07) is -0.565. The number of hydrogen-bond acceptors (Lipinski definition) is 6. The summed E-state index contributed by atoms with van der Waals surface area (Å²) in [4.78, 5) is 34.0. The molecule has 0 fully saturated rings. The summed E-state index contributed by atoms with van der Waals surface area (Å²) in [6.07, 6.45) is 0. The Kier molecular flexibility index (Phi) is 11.2. The zero-order chi connectivity index (χ0) is 17.1. The molecule has 0 aliphatic heterocycles. The number of esters is 1. The molecule has 0 saturated carbocycles. The third-order valence-corrected chi connectivity index (χ3v) is 5.16. The number of hydrogen-bond donors (Lipinski definition) is 2. The molecule has 0 radical (unpaired) electrons.